The van der Waals surface area contributed by atoms with Gasteiger partial charge in [0.25, 0.3) is 0 Å². The van der Waals surface area contributed by atoms with Gasteiger partial charge in [-0.3, -0.25) is 0 Å². The number of carbonyl (C=O) groups is 1. The molecule has 2 aliphatic carbocycles. The van der Waals surface area contributed by atoms with E-state index >= 15 is 0 Å². The summed E-state index contributed by atoms with van der Waals surface area (Å²) in [6, 6.07) is 8.93. The van der Waals surface area contributed by atoms with Crippen LogP contribution in [0.1, 0.15) is 121 Å². The minimum Gasteiger partial charge on any atom is -0.494 e. The van der Waals surface area contributed by atoms with Crippen LogP contribution in [-0.4, -0.2) is 19.2 Å². The molecule has 0 heterocycles. The Morgan fingerprint density at radius 1 is 0.829 bits per heavy atom. The van der Waals surface area contributed by atoms with Crippen LogP contribution in [-0.2, 0) is 9.53 Å². The van der Waals surface area contributed by atoms with Crippen LogP contribution in [0.15, 0.2) is 36.9 Å². The zero-order valence-corrected chi connectivity index (χ0v) is 22.4. The molecule has 0 radical (unpaired) electrons. The first-order chi connectivity index (χ1) is 17.2. The van der Waals surface area contributed by atoms with Gasteiger partial charge in [-0.25, -0.2) is 4.79 Å². The van der Waals surface area contributed by atoms with Gasteiger partial charge in [0.15, 0.2) is 0 Å². The van der Waals surface area contributed by atoms with Gasteiger partial charge in [-0.2, -0.15) is 0 Å². The van der Waals surface area contributed by atoms with Gasteiger partial charge < -0.3 is 9.47 Å². The largest absolute Gasteiger partial charge is 0.494 e. The lowest BCUT2D eigenvalue weighted by Crippen LogP contribution is -2.25. The predicted molar refractivity (Wildman–Crippen MR) is 146 cm³/mol. The number of hydrogen-bond acceptors (Lipinski definition) is 3. The molecular weight excluding hydrogens is 432 g/mol. The van der Waals surface area contributed by atoms with Crippen LogP contribution in [0, 0.1) is 17.8 Å². The highest BCUT2D eigenvalue weighted by Crippen LogP contribution is 2.44. The maximum atomic E-state index is 11.0. The monoisotopic (exact) mass is 482 g/mol. The fraction of sp³-hybridized carbons (Fsp3) is 0.719. The van der Waals surface area contributed by atoms with Crippen molar-refractivity contribution in [3.05, 3.63) is 42.5 Å². The minimum absolute atomic E-state index is 0.333. The molecule has 2 aliphatic rings. The smallest absolute Gasteiger partial charge is 0.330 e. The second-order valence-electron chi connectivity index (χ2n) is 11.1. The molecule has 0 saturated heterocycles. The molecule has 196 valence electrons. The van der Waals surface area contributed by atoms with Crippen LogP contribution in [0.3, 0.4) is 0 Å². The van der Waals surface area contributed by atoms with E-state index < -0.39 is 0 Å². The highest BCUT2D eigenvalue weighted by atomic mass is 16.5. The van der Waals surface area contributed by atoms with Gasteiger partial charge >= 0.3 is 5.97 Å². The molecule has 0 atom stereocenters. The van der Waals surface area contributed by atoms with E-state index in [0.717, 1.165) is 61.7 Å². The summed E-state index contributed by atoms with van der Waals surface area (Å²) in [4.78, 5) is 11.0. The molecule has 2 fully saturated rings. The predicted octanol–water partition coefficient (Wildman–Crippen LogP) is 9.02. The van der Waals surface area contributed by atoms with E-state index in [4.69, 9.17) is 9.47 Å². The number of benzene rings is 1. The first-order valence-electron chi connectivity index (χ1n) is 14.7. The first-order valence-corrected chi connectivity index (χ1v) is 14.7. The second-order valence-corrected chi connectivity index (χ2v) is 11.1. The fourth-order valence-electron chi connectivity index (χ4n) is 6.37. The quantitative estimate of drug-likeness (QED) is 0.142. The third-order valence-corrected chi connectivity index (χ3v) is 8.62. The molecule has 0 bridgehead atoms. The Kier molecular flexibility index (Phi) is 12.8. The molecule has 3 nitrogen and oxygen atoms in total. The Bertz CT molecular complexity index is 709. The summed E-state index contributed by atoms with van der Waals surface area (Å²) < 4.78 is 10.9. The Morgan fingerprint density at radius 2 is 1.46 bits per heavy atom. The van der Waals surface area contributed by atoms with Crippen molar-refractivity contribution in [2.75, 3.05) is 13.2 Å². The normalized spacial score (nSPS) is 24.6. The maximum Gasteiger partial charge on any atom is 0.330 e. The minimum atomic E-state index is -0.333. The van der Waals surface area contributed by atoms with E-state index in [1.54, 1.807) is 0 Å². The van der Waals surface area contributed by atoms with Crippen LogP contribution in [0.4, 0.5) is 0 Å². The average molecular weight is 483 g/mol. The number of ether oxygens (including phenoxy) is 2. The fourth-order valence-corrected chi connectivity index (χ4v) is 6.37. The summed E-state index contributed by atoms with van der Waals surface area (Å²) in [5.74, 6) is 4.42. The van der Waals surface area contributed by atoms with Crippen LogP contribution in [0.5, 0.6) is 5.75 Å². The summed E-state index contributed by atoms with van der Waals surface area (Å²) in [5.41, 5.74) is 1.50. The summed E-state index contributed by atoms with van der Waals surface area (Å²) in [6.45, 7) is 6.95. The molecule has 0 aliphatic heterocycles. The highest BCUT2D eigenvalue weighted by Gasteiger charge is 2.31. The summed E-state index contributed by atoms with van der Waals surface area (Å²) in [5, 5.41) is 0. The van der Waals surface area contributed by atoms with Gasteiger partial charge in [0.1, 0.15) is 5.75 Å². The summed E-state index contributed by atoms with van der Waals surface area (Å²) in [7, 11) is 0. The van der Waals surface area contributed by atoms with Gasteiger partial charge in [-0.1, -0.05) is 64.2 Å². The second kappa shape index (κ2) is 16.1. The number of hydrogen-bond donors (Lipinski definition) is 0. The molecule has 0 N–H and O–H groups in total. The van der Waals surface area contributed by atoms with Crippen LogP contribution < -0.4 is 4.74 Å². The van der Waals surface area contributed by atoms with Crippen molar-refractivity contribution in [2.24, 2.45) is 17.8 Å². The molecule has 3 heteroatoms. The third-order valence-electron chi connectivity index (χ3n) is 8.62. The molecule has 2 saturated carbocycles. The zero-order chi connectivity index (χ0) is 24.7. The van der Waals surface area contributed by atoms with E-state index in [2.05, 4.69) is 37.8 Å². The Morgan fingerprint density at radius 3 is 2.09 bits per heavy atom. The Hall–Kier alpha value is -1.77. The summed E-state index contributed by atoms with van der Waals surface area (Å²) in [6.07, 6.45) is 22.6. The molecule has 35 heavy (non-hydrogen) atoms. The molecule has 0 spiro atoms. The third kappa shape index (κ3) is 10.0. The summed E-state index contributed by atoms with van der Waals surface area (Å²) >= 11 is 0. The van der Waals surface area contributed by atoms with E-state index in [-0.39, 0.29) is 5.97 Å². The Balaban J connectivity index is 1.26. The molecule has 0 amide bonds. The molecule has 0 unspecified atom stereocenters. The van der Waals surface area contributed by atoms with Gasteiger partial charge in [0.05, 0.1) is 13.2 Å². The van der Waals surface area contributed by atoms with Crippen molar-refractivity contribution in [3.63, 3.8) is 0 Å². The van der Waals surface area contributed by atoms with Crippen LogP contribution >= 0.6 is 0 Å². The standard InChI is InChI=1S/C32H50O3/c1-3-5-8-11-26-12-14-27(15-13-26)28-16-18-29(19-17-28)30-20-22-31(23-21-30)34-24-9-6-7-10-25-35-32(33)4-2/h4,20-23,26-29H,2-3,5-19,24-25H2,1H3. The van der Waals surface area contributed by atoms with Crippen molar-refractivity contribution in [2.45, 2.75) is 116 Å². The molecule has 0 aromatic heterocycles. The van der Waals surface area contributed by atoms with E-state index in [1.165, 1.54) is 88.7 Å². The lowest BCUT2D eigenvalue weighted by atomic mass is 9.68. The van der Waals surface area contributed by atoms with Gasteiger partial charge in [-0.05, 0) is 106 Å². The van der Waals surface area contributed by atoms with Gasteiger partial charge in [0.2, 0.25) is 0 Å². The zero-order valence-electron chi connectivity index (χ0n) is 22.4. The van der Waals surface area contributed by atoms with Gasteiger partial charge in [-0.15, -0.1) is 0 Å². The number of esters is 1. The molecule has 3 rings (SSSR count). The maximum absolute atomic E-state index is 11.0. The van der Waals surface area contributed by atoms with Crippen LogP contribution in [0.2, 0.25) is 0 Å². The SMILES string of the molecule is C=CC(=O)OCCCCCCOc1ccc(C2CCC(C3CCC(CCCCC)CC3)CC2)cc1. The van der Waals surface area contributed by atoms with E-state index in [0.29, 0.717) is 6.61 Å². The number of rotatable bonds is 15. The van der Waals surface area contributed by atoms with E-state index in [9.17, 15) is 4.79 Å². The molecule has 1 aromatic carbocycles. The van der Waals surface area contributed by atoms with Crippen molar-refractivity contribution in [1.29, 1.82) is 0 Å². The average Bonchev–Trinajstić information content (AvgIpc) is 2.91. The number of carbonyl (C=O) groups excluding carboxylic acids is 1. The van der Waals surface area contributed by atoms with Crippen molar-refractivity contribution >= 4 is 5.97 Å². The number of unbranched alkanes of at least 4 members (excludes halogenated alkanes) is 5. The molecular formula is C32H50O3. The lowest BCUT2D eigenvalue weighted by molar-refractivity contribution is -0.137. The lowest BCUT2D eigenvalue weighted by Gasteiger charge is -2.38. The van der Waals surface area contributed by atoms with Crippen molar-refractivity contribution in [3.8, 4) is 5.75 Å². The Labute approximate surface area is 215 Å². The van der Waals surface area contributed by atoms with Crippen LogP contribution in [0.25, 0.3) is 0 Å². The van der Waals surface area contributed by atoms with Gasteiger partial charge in [0, 0.05) is 6.08 Å². The first kappa shape index (κ1) is 27.8. The molecule has 1 aromatic rings. The highest BCUT2D eigenvalue weighted by molar-refractivity contribution is 5.81. The van der Waals surface area contributed by atoms with Crippen molar-refractivity contribution in [1.82, 2.24) is 0 Å². The van der Waals surface area contributed by atoms with Crippen molar-refractivity contribution < 1.29 is 14.3 Å². The van der Waals surface area contributed by atoms with E-state index in [1.807, 2.05) is 0 Å². The topological polar surface area (TPSA) is 35.5 Å².